The van der Waals surface area contributed by atoms with E-state index in [0.29, 0.717) is 25.9 Å². The number of hydrogen-bond donors (Lipinski definition) is 2. The van der Waals surface area contributed by atoms with Gasteiger partial charge in [0.2, 0.25) is 0 Å². The van der Waals surface area contributed by atoms with Crippen molar-refractivity contribution in [1.82, 2.24) is 0 Å². The average Bonchev–Trinajstić information content (AvgIpc) is 2.04. The third-order valence-electron chi connectivity index (χ3n) is 2.00. The van der Waals surface area contributed by atoms with E-state index in [-0.39, 0.29) is 11.2 Å². The molecule has 0 saturated carbocycles. The molecule has 3 nitrogen and oxygen atoms in total. The number of carbonyl (C=O) groups excluding carboxylic acids is 1. The fourth-order valence-electron chi connectivity index (χ4n) is 0.829. The molecule has 3 heteroatoms. The van der Waals surface area contributed by atoms with Crippen LogP contribution in [0, 0.1) is 5.41 Å². The molecule has 0 bridgehead atoms. The highest BCUT2D eigenvalue weighted by molar-refractivity contribution is 5.78. The van der Waals surface area contributed by atoms with Crippen LogP contribution in [-0.4, -0.2) is 18.9 Å². The zero-order chi connectivity index (χ0) is 8.91. The van der Waals surface area contributed by atoms with Crippen molar-refractivity contribution >= 4 is 5.78 Å². The minimum atomic E-state index is -0.187. The first kappa shape index (κ1) is 10.6. The Morgan fingerprint density at radius 1 is 1.36 bits per heavy atom. The molecule has 4 N–H and O–H groups in total. The zero-order valence-electron chi connectivity index (χ0n) is 7.39. The van der Waals surface area contributed by atoms with E-state index in [2.05, 4.69) is 0 Å². The molecule has 0 fully saturated rings. The van der Waals surface area contributed by atoms with Gasteiger partial charge < -0.3 is 11.5 Å². The summed E-state index contributed by atoms with van der Waals surface area (Å²) in [5, 5.41) is 0. The average molecular weight is 158 g/mol. The second-order valence-corrected chi connectivity index (χ2v) is 3.29. The maximum absolute atomic E-state index is 11.0. The molecule has 0 unspecified atom stereocenters. The largest absolute Gasteiger partial charge is 0.330 e. The van der Waals surface area contributed by atoms with Gasteiger partial charge in [-0.25, -0.2) is 0 Å². The number of carbonyl (C=O) groups is 1. The topological polar surface area (TPSA) is 69.1 Å². The van der Waals surface area contributed by atoms with Crippen LogP contribution in [-0.2, 0) is 4.79 Å². The standard InChI is InChI=1S/C8H18N2O/c1-3-7(11)4-8(2,5-9)6-10/h3-6,9-10H2,1-2H3. The van der Waals surface area contributed by atoms with Crippen LogP contribution in [0.5, 0.6) is 0 Å². The quantitative estimate of drug-likeness (QED) is 0.603. The number of hydrogen-bond acceptors (Lipinski definition) is 3. The Morgan fingerprint density at radius 3 is 2.09 bits per heavy atom. The summed E-state index contributed by atoms with van der Waals surface area (Å²) in [4.78, 5) is 11.0. The van der Waals surface area contributed by atoms with Gasteiger partial charge in [-0.05, 0) is 18.5 Å². The molecule has 0 aliphatic carbocycles. The number of rotatable bonds is 5. The molecule has 0 atom stereocenters. The van der Waals surface area contributed by atoms with Gasteiger partial charge in [0.25, 0.3) is 0 Å². The van der Waals surface area contributed by atoms with Gasteiger partial charge in [0.05, 0.1) is 0 Å². The predicted octanol–water partition coefficient (Wildman–Crippen LogP) is 0.279. The minimum absolute atomic E-state index is 0.187. The van der Waals surface area contributed by atoms with Gasteiger partial charge in [-0.3, -0.25) is 4.79 Å². The highest BCUT2D eigenvalue weighted by Crippen LogP contribution is 2.18. The Balaban J connectivity index is 3.96. The van der Waals surface area contributed by atoms with Gasteiger partial charge in [0.1, 0.15) is 5.78 Å². The highest BCUT2D eigenvalue weighted by Gasteiger charge is 2.23. The van der Waals surface area contributed by atoms with E-state index >= 15 is 0 Å². The van der Waals surface area contributed by atoms with Gasteiger partial charge in [-0.2, -0.15) is 0 Å². The molecule has 0 aromatic rings. The fourth-order valence-corrected chi connectivity index (χ4v) is 0.829. The maximum atomic E-state index is 11.0. The molecule has 0 aromatic heterocycles. The molecule has 0 spiro atoms. The predicted molar refractivity (Wildman–Crippen MR) is 46.1 cm³/mol. The number of nitrogens with two attached hydrogens (primary N) is 2. The lowest BCUT2D eigenvalue weighted by atomic mass is 9.85. The molecule has 0 rings (SSSR count). The molecule has 0 amide bonds. The highest BCUT2D eigenvalue weighted by atomic mass is 16.1. The van der Waals surface area contributed by atoms with Crippen molar-refractivity contribution in [3.63, 3.8) is 0 Å². The van der Waals surface area contributed by atoms with Crippen LogP contribution in [0.25, 0.3) is 0 Å². The molecule has 11 heavy (non-hydrogen) atoms. The summed E-state index contributed by atoms with van der Waals surface area (Å²) >= 11 is 0. The summed E-state index contributed by atoms with van der Waals surface area (Å²) < 4.78 is 0. The fraction of sp³-hybridized carbons (Fsp3) is 0.875. The van der Waals surface area contributed by atoms with Gasteiger partial charge in [-0.15, -0.1) is 0 Å². The molecule has 0 heterocycles. The molecule has 0 aliphatic heterocycles. The van der Waals surface area contributed by atoms with Gasteiger partial charge in [0.15, 0.2) is 0 Å². The van der Waals surface area contributed by atoms with E-state index in [4.69, 9.17) is 11.5 Å². The number of ketones is 1. The lowest BCUT2D eigenvalue weighted by molar-refractivity contribution is -0.120. The van der Waals surface area contributed by atoms with Crippen LogP contribution in [0.15, 0.2) is 0 Å². The summed E-state index contributed by atoms with van der Waals surface area (Å²) in [6.45, 7) is 4.76. The Labute approximate surface area is 68.1 Å². The van der Waals surface area contributed by atoms with Crippen LogP contribution in [0.1, 0.15) is 26.7 Å². The summed E-state index contributed by atoms with van der Waals surface area (Å²) in [6, 6.07) is 0. The van der Waals surface area contributed by atoms with E-state index in [1.165, 1.54) is 0 Å². The third kappa shape index (κ3) is 3.49. The molecule has 0 aromatic carbocycles. The minimum Gasteiger partial charge on any atom is -0.330 e. The maximum Gasteiger partial charge on any atom is 0.133 e. The second-order valence-electron chi connectivity index (χ2n) is 3.29. The summed E-state index contributed by atoms with van der Waals surface area (Å²) in [5.41, 5.74) is 10.8. The van der Waals surface area contributed by atoms with Crippen LogP contribution >= 0.6 is 0 Å². The van der Waals surface area contributed by atoms with Crippen molar-refractivity contribution in [3.05, 3.63) is 0 Å². The van der Waals surface area contributed by atoms with Gasteiger partial charge in [-0.1, -0.05) is 13.8 Å². The smallest absolute Gasteiger partial charge is 0.133 e. The summed E-state index contributed by atoms with van der Waals surface area (Å²) in [7, 11) is 0. The zero-order valence-corrected chi connectivity index (χ0v) is 7.39. The van der Waals surface area contributed by atoms with Crippen LogP contribution in [0.2, 0.25) is 0 Å². The Morgan fingerprint density at radius 2 is 1.82 bits per heavy atom. The van der Waals surface area contributed by atoms with Crippen molar-refractivity contribution in [1.29, 1.82) is 0 Å². The lowest BCUT2D eigenvalue weighted by Crippen LogP contribution is -2.36. The van der Waals surface area contributed by atoms with Crippen molar-refractivity contribution in [2.45, 2.75) is 26.7 Å². The van der Waals surface area contributed by atoms with E-state index in [0.717, 1.165) is 0 Å². The van der Waals surface area contributed by atoms with Gasteiger partial charge >= 0.3 is 0 Å². The summed E-state index contributed by atoms with van der Waals surface area (Å²) in [6.07, 6.45) is 1.09. The van der Waals surface area contributed by atoms with Crippen LogP contribution in [0.4, 0.5) is 0 Å². The van der Waals surface area contributed by atoms with E-state index in [9.17, 15) is 4.79 Å². The molecular weight excluding hydrogens is 140 g/mol. The normalized spacial score (nSPS) is 11.6. The third-order valence-corrected chi connectivity index (χ3v) is 2.00. The Bertz CT molecular complexity index is 130. The number of Topliss-reactive ketones (excluding diaryl/α,β-unsaturated/α-hetero) is 1. The molecule has 0 radical (unpaired) electrons. The molecule has 66 valence electrons. The van der Waals surface area contributed by atoms with E-state index in [1.54, 1.807) is 0 Å². The SMILES string of the molecule is CCC(=O)CC(C)(CN)CN. The Kier molecular flexibility index (Phi) is 4.30. The van der Waals surface area contributed by atoms with Crippen molar-refractivity contribution in [2.24, 2.45) is 16.9 Å². The van der Waals surface area contributed by atoms with E-state index in [1.807, 2.05) is 13.8 Å². The van der Waals surface area contributed by atoms with Crippen LogP contribution in [0.3, 0.4) is 0 Å². The van der Waals surface area contributed by atoms with Gasteiger partial charge in [0, 0.05) is 12.8 Å². The van der Waals surface area contributed by atoms with Crippen molar-refractivity contribution in [2.75, 3.05) is 13.1 Å². The first-order valence-corrected chi connectivity index (χ1v) is 4.00. The monoisotopic (exact) mass is 158 g/mol. The Hall–Kier alpha value is -0.410. The van der Waals surface area contributed by atoms with E-state index < -0.39 is 0 Å². The first-order valence-electron chi connectivity index (χ1n) is 4.00. The lowest BCUT2D eigenvalue weighted by Gasteiger charge is -2.24. The van der Waals surface area contributed by atoms with Crippen molar-refractivity contribution in [3.8, 4) is 0 Å². The molecule has 0 saturated heterocycles. The second kappa shape index (κ2) is 4.46. The van der Waals surface area contributed by atoms with Crippen molar-refractivity contribution < 1.29 is 4.79 Å². The molecular formula is C8H18N2O. The first-order chi connectivity index (χ1) is 5.08. The van der Waals surface area contributed by atoms with Crippen LogP contribution < -0.4 is 11.5 Å². The molecule has 0 aliphatic rings. The summed E-state index contributed by atoms with van der Waals surface area (Å²) in [5.74, 6) is 0.239.